The minimum absolute atomic E-state index is 0.0773. The third-order valence-electron chi connectivity index (χ3n) is 6.62. The highest BCUT2D eigenvalue weighted by molar-refractivity contribution is 6.04. The van der Waals surface area contributed by atoms with Crippen LogP contribution >= 0.6 is 0 Å². The Labute approximate surface area is 211 Å². The number of oxime groups is 1. The van der Waals surface area contributed by atoms with E-state index >= 15 is 0 Å². The van der Waals surface area contributed by atoms with Crippen molar-refractivity contribution in [2.75, 3.05) is 20.3 Å². The van der Waals surface area contributed by atoms with E-state index in [4.69, 9.17) is 18.7 Å². The van der Waals surface area contributed by atoms with Gasteiger partial charge in [-0.05, 0) is 38.0 Å². The normalized spacial score (nSPS) is 26.5. The minimum Gasteiger partial charge on any atom is -0.506 e. The van der Waals surface area contributed by atoms with E-state index in [-0.39, 0.29) is 34.6 Å². The fourth-order valence-electron chi connectivity index (χ4n) is 4.61. The second kappa shape index (κ2) is 10.6. The van der Waals surface area contributed by atoms with E-state index in [1.54, 1.807) is 24.6 Å². The molecule has 0 amide bonds. The molecule has 0 spiro atoms. The summed E-state index contributed by atoms with van der Waals surface area (Å²) in [5, 5.41) is 50.4. The average molecular weight is 519 g/mol. The number of methoxy groups -OCH3 is 1. The molecule has 5 atom stereocenters. The Morgan fingerprint density at radius 2 is 2.05 bits per heavy atom. The molecule has 0 unspecified atom stereocenters. The lowest BCUT2D eigenvalue weighted by Crippen LogP contribution is -2.62. The molecule has 1 saturated heterocycles. The third-order valence-corrected chi connectivity index (χ3v) is 6.62. The second-order valence-electron chi connectivity index (χ2n) is 9.08. The lowest BCUT2D eigenvalue weighted by atomic mass is 9.83. The Morgan fingerprint density at radius 3 is 2.70 bits per heavy atom. The number of nitrogens with zero attached hydrogens (tertiary/aromatic N) is 4. The van der Waals surface area contributed by atoms with Crippen LogP contribution in [0.15, 0.2) is 39.2 Å². The van der Waals surface area contributed by atoms with Gasteiger partial charge in [-0.1, -0.05) is 11.2 Å². The number of aliphatic hydroxyl groups is 3. The Kier molecular flexibility index (Phi) is 7.62. The highest BCUT2D eigenvalue weighted by Crippen LogP contribution is 2.42. The van der Waals surface area contributed by atoms with Crippen molar-refractivity contribution in [2.24, 2.45) is 5.16 Å². The number of aromatic hydroxyl groups is 1. The minimum atomic E-state index is -1.40. The van der Waals surface area contributed by atoms with Crippen LogP contribution in [0.1, 0.15) is 36.6 Å². The average Bonchev–Trinajstić information content (AvgIpc) is 3.39. The molecule has 1 aromatic carbocycles. The van der Waals surface area contributed by atoms with Gasteiger partial charge in [-0.3, -0.25) is 0 Å². The fourth-order valence-corrected chi connectivity index (χ4v) is 4.61. The molecule has 0 radical (unpaired) electrons. The summed E-state index contributed by atoms with van der Waals surface area (Å²) in [5.74, 6) is -0.341. The quantitative estimate of drug-likeness (QED) is 0.140. The van der Waals surface area contributed by atoms with Crippen LogP contribution in [0, 0.1) is 6.92 Å². The fraction of sp³-hybridized carbons (Fsp3) is 0.500. The zero-order chi connectivity index (χ0) is 26.9. The van der Waals surface area contributed by atoms with Crippen molar-refractivity contribution >= 4 is 16.7 Å². The molecule has 2 aromatic heterocycles. The third kappa shape index (κ3) is 4.83. The van der Waals surface area contributed by atoms with Crippen LogP contribution in [0.4, 0.5) is 0 Å². The maximum absolute atomic E-state index is 12.8. The molecular weight excluding hydrogens is 488 g/mol. The number of hydrogen-bond donors (Lipinski definition) is 4. The summed E-state index contributed by atoms with van der Waals surface area (Å²) in [5.41, 5.74) is -1.29. The van der Waals surface area contributed by atoms with Crippen LogP contribution in [-0.2, 0) is 20.9 Å². The Bertz CT molecular complexity index is 1340. The standard InChI is InChI=1S/C24H30N4O9/c1-12-14(21-18(31)19(32)22(34-4)24(3,9-29)37-21)5-6-15-17(30)16(23(33)36-20(12)15)13(2)27-35-8-7-28-11-25-10-26-28/h5-6,10-11,18-19,21-22,29-32H,7-9H2,1-4H3/t18-,19-,21+,22-,24-/m1/s1. The summed E-state index contributed by atoms with van der Waals surface area (Å²) in [6.07, 6.45) is -1.89. The largest absolute Gasteiger partial charge is 0.506 e. The van der Waals surface area contributed by atoms with E-state index in [9.17, 15) is 25.2 Å². The van der Waals surface area contributed by atoms with E-state index in [0.717, 1.165) is 0 Å². The number of rotatable bonds is 8. The zero-order valence-electron chi connectivity index (χ0n) is 20.9. The molecule has 13 heteroatoms. The van der Waals surface area contributed by atoms with Gasteiger partial charge in [0.2, 0.25) is 0 Å². The van der Waals surface area contributed by atoms with Gasteiger partial charge in [-0.25, -0.2) is 14.5 Å². The second-order valence-corrected chi connectivity index (χ2v) is 9.08. The first-order valence-corrected chi connectivity index (χ1v) is 11.6. The zero-order valence-corrected chi connectivity index (χ0v) is 20.9. The van der Waals surface area contributed by atoms with Crippen molar-refractivity contribution in [1.82, 2.24) is 14.8 Å². The Hall–Kier alpha value is -3.36. The van der Waals surface area contributed by atoms with E-state index in [1.807, 2.05) is 0 Å². The van der Waals surface area contributed by atoms with Crippen LogP contribution in [0.3, 0.4) is 0 Å². The van der Waals surface area contributed by atoms with Gasteiger partial charge in [0, 0.05) is 7.11 Å². The van der Waals surface area contributed by atoms with Gasteiger partial charge < -0.3 is 39.2 Å². The van der Waals surface area contributed by atoms with Gasteiger partial charge in [-0.15, -0.1) is 0 Å². The van der Waals surface area contributed by atoms with Gasteiger partial charge in [0.15, 0.2) is 0 Å². The summed E-state index contributed by atoms with van der Waals surface area (Å²) < 4.78 is 18.4. The summed E-state index contributed by atoms with van der Waals surface area (Å²) in [6.45, 7) is 4.78. The number of hydrogen-bond acceptors (Lipinski definition) is 12. The lowest BCUT2D eigenvalue weighted by Gasteiger charge is -2.48. The van der Waals surface area contributed by atoms with Crippen molar-refractivity contribution in [3.8, 4) is 5.75 Å². The maximum atomic E-state index is 12.8. The maximum Gasteiger partial charge on any atom is 0.349 e. The molecule has 13 nitrogen and oxygen atoms in total. The summed E-state index contributed by atoms with van der Waals surface area (Å²) in [7, 11) is 1.35. The summed E-state index contributed by atoms with van der Waals surface area (Å²) in [6, 6.07) is 3.10. The number of aryl methyl sites for hydroxylation is 1. The molecule has 1 aliphatic heterocycles. The predicted molar refractivity (Wildman–Crippen MR) is 129 cm³/mol. The predicted octanol–water partition coefficient (Wildman–Crippen LogP) is 0.398. The molecule has 37 heavy (non-hydrogen) atoms. The van der Waals surface area contributed by atoms with Crippen LogP contribution in [0.5, 0.6) is 5.75 Å². The van der Waals surface area contributed by atoms with E-state index < -0.39 is 42.2 Å². The van der Waals surface area contributed by atoms with Crippen molar-refractivity contribution in [1.29, 1.82) is 0 Å². The van der Waals surface area contributed by atoms with E-state index in [0.29, 0.717) is 17.7 Å². The SMILES string of the molecule is CO[C@@H]1[C@H](O)[C@@H](O)[C@H](c2ccc3c(O)c(C(C)=NOCCn4cncn4)c(=O)oc3c2C)O[C@]1(C)CO. The number of benzene rings is 1. The smallest absolute Gasteiger partial charge is 0.349 e. The molecule has 0 aliphatic carbocycles. The highest BCUT2D eigenvalue weighted by atomic mass is 16.6. The molecule has 0 saturated carbocycles. The van der Waals surface area contributed by atoms with Gasteiger partial charge in [0.1, 0.15) is 66.2 Å². The Morgan fingerprint density at radius 1 is 1.30 bits per heavy atom. The Balaban J connectivity index is 1.66. The van der Waals surface area contributed by atoms with Gasteiger partial charge in [-0.2, -0.15) is 5.10 Å². The molecule has 3 heterocycles. The van der Waals surface area contributed by atoms with Crippen LogP contribution in [0.25, 0.3) is 11.0 Å². The van der Waals surface area contributed by atoms with Crippen molar-refractivity contribution in [3.63, 3.8) is 0 Å². The van der Waals surface area contributed by atoms with Crippen molar-refractivity contribution in [3.05, 3.63) is 51.9 Å². The molecule has 1 fully saturated rings. The molecule has 3 aromatic rings. The van der Waals surface area contributed by atoms with E-state index in [2.05, 4.69) is 15.2 Å². The molecule has 4 N–H and O–H groups in total. The van der Waals surface area contributed by atoms with Gasteiger partial charge >= 0.3 is 5.63 Å². The molecule has 0 bridgehead atoms. The summed E-state index contributed by atoms with van der Waals surface area (Å²) in [4.78, 5) is 21.9. The van der Waals surface area contributed by atoms with Gasteiger partial charge in [0.25, 0.3) is 0 Å². The van der Waals surface area contributed by atoms with Gasteiger partial charge in [0.05, 0.1) is 24.2 Å². The van der Waals surface area contributed by atoms with E-state index in [1.165, 1.54) is 32.8 Å². The first-order chi connectivity index (χ1) is 17.6. The topological polar surface area (TPSA) is 182 Å². The number of fused-ring (bicyclic) bond motifs is 1. The molecule has 4 rings (SSSR count). The van der Waals surface area contributed by atoms with Crippen molar-refractivity contribution in [2.45, 2.75) is 57.3 Å². The number of ether oxygens (including phenoxy) is 2. The van der Waals surface area contributed by atoms with Crippen LogP contribution < -0.4 is 5.63 Å². The first kappa shape index (κ1) is 26.7. The molecular formula is C24H30N4O9. The van der Waals surface area contributed by atoms with Crippen LogP contribution in [0.2, 0.25) is 0 Å². The molecule has 200 valence electrons. The number of aromatic nitrogens is 3. The first-order valence-electron chi connectivity index (χ1n) is 11.6. The van der Waals surface area contributed by atoms with Crippen molar-refractivity contribution < 1.29 is 39.2 Å². The lowest BCUT2D eigenvalue weighted by molar-refractivity contribution is -0.279. The summed E-state index contributed by atoms with van der Waals surface area (Å²) >= 11 is 0. The monoisotopic (exact) mass is 518 g/mol. The highest BCUT2D eigenvalue weighted by Gasteiger charge is 2.52. The van der Waals surface area contributed by atoms with Crippen LogP contribution in [-0.4, -0.2) is 85.1 Å². The number of aliphatic hydroxyl groups excluding tert-OH is 3. The molecule has 1 aliphatic rings.